The minimum atomic E-state index is -0.144. The molecule has 0 bridgehead atoms. The van der Waals surface area contributed by atoms with Crippen LogP contribution in [0.2, 0.25) is 0 Å². The summed E-state index contributed by atoms with van der Waals surface area (Å²) in [6, 6.07) is 0. The van der Waals surface area contributed by atoms with Gasteiger partial charge in [0.2, 0.25) is 0 Å². The monoisotopic (exact) mass is 408 g/mol. The van der Waals surface area contributed by atoms with Gasteiger partial charge < -0.3 is 5.11 Å². The fraction of sp³-hybridized carbons (Fsp3) is 0.724. The summed E-state index contributed by atoms with van der Waals surface area (Å²) in [7, 11) is 0. The van der Waals surface area contributed by atoms with E-state index in [4.69, 9.17) is 0 Å². The second kappa shape index (κ2) is 8.12. The van der Waals surface area contributed by atoms with Crippen LogP contribution in [-0.4, -0.2) is 11.2 Å². The Balaban J connectivity index is 1.59. The average Bonchev–Trinajstić information content (AvgIpc) is 3.06. The van der Waals surface area contributed by atoms with Crippen molar-refractivity contribution in [3.8, 4) is 0 Å². The molecule has 4 rings (SSSR count). The van der Waals surface area contributed by atoms with Crippen LogP contribution in [0.5, 0.6) is 0 Å². The predicted molar refractivity (Wildman–Crippen MR) is 128 cm³/mol. The molecule has 4 aliphatic carbocycles. The van der Waals surface area contributed by atoms with Crippen molar-refractivity contribution in [2.24, 2.45) is 40.4 Å². The molecule has 7 atom stereocenters. The van der Waals surface area contributed by atoms with Crippen molar-refractivity contribution in [2.75, 3.05) is 0 Å². The molecule has 0 heterocycles. The zero-order valence-electron chi connectivity index (χ0n) is 20.2. The molecule has 1 nitrogen and oxygen atoms in total. The maximum atomic E-state index is 10.2. The lowest BCUT2D eigenvalue weighted by Gasteiger charge is -2.50. The normalized spacial score (nSPS) is 40.3. The fourth-order valence-corrected chi connectivity index (χ4v) is 7.54. The molecule has 0 radical (unpaired) electrons. The Morgan fingerprint density at radius 3 is 2.57 bits per heavy atom. The molecule has 0 aromatic rings. The zero-order valence-corrected chi connectivity index (χ0v) is 20.2. The minimum Gasteiger partial charge on any atom is -0.393 e. The van der Waals surface area contributed by atoms with Crippen LogP contribution < -0.4 is 0 Å². The Kier molecular flexibility index (Phi) is 5.99. The van der Waals surface area contributed by atoms with Gasteiger partial charge in [-0.25, -0.2) is 0 Å². The number of hydrogen-bond acceptors (Lipinski definition) is 1. The summed E-state index contributed by atoms with van der Waals surface area (Å²) in [4.78, 5) is 0. The summed E-state index contributed by atoms with van der Waals surface area (Å²) in [6.45, 7) is 14.5. The molecule has 2 fully saturated rings. The van der Waals surface area contributed by atoms with E-state index in [1.807, 2.05) is 0 Å². The van der Waals surface area contributed by atoms with Crippen LogP contribution >= 0.6 is 0 Å². The van der Waals surface area contributed by atoms with Crippen LogP contribution in [0.3, 0.4) is 0 Å². The van der Waals surface area contributed by atoms with E-state index in [1.54, 1.807) is 11.1 Å². The van der Waals surface area contributed by atoms with Crippen molar-refractivity contribution in [3.63, 3.8) is 0 Å². The van der Waals surface area contributed by atoms with Gasteiger partial charge in [0.1, 0.15) is 0 Å². The van der Waals surface area contributed by atoms with Gasteiger partial charge in [-0.15, -0.1) is 0 Å². The molecule has 4 aliphatic rings. The van der Waals surface area contributed by atoms with Gasteiger partial charge in [0, 0.05) is 5.41 Å². The molecule has 0 spiro atoms. The highest BCUT2D eigenvalue weighted by molar-refractivity contribution is 5.53. The quantitative estimate of drug-likeness (QED) is 0.463. The lowest BCUT2D eigenvalue weighted by Crippen LogP contribution is -2.41. The van der Waals surface area contributed by atoms with E-state index in [9.17, 15) is 5.11 Å². The summed E-state index contributed by atoms with van der Waals surface area (Å²) in [5.41, 5.74) is 5.27. The van der Waals surface area contributed by atoms with Gasteiger partial charge in [0.05, 0.1) is 6.10 Å². The van der Waals surface area contributed by atoms with Gasteiger partial charge in [-0.1, -0.05) is 77.5 Å². The molecular weight excluding hydrogens is 364 g/mol. The van der Waals surface area contributed by atoms with E-state index >= 15 is 0 Å². The van der Waals surface area contributed by atoms with Gasteiger partial charge >= 0.3 is 0 Å². The Hall–Kier alpha value is -1.08. The number of hydrogen-bond donors (Lipinski definition) is 1. The van der Waals surface area contributed by atoms with Crippen LogP contribution in [0.25, 0.3) is 0 Å². The van der Waals surface area contributed by atoms with Crippen molar-refractivity contribution < 1.29 is 5.11 Å². The Labute approximate surface area is 185 Å². The summed E-state index contributed by atoms with van der Waals surface area (Å²) in [5, 5.41) is 10.2. The molecule has 1 N–H and O–H groups in total. The highest BCUT2D eigenvalue weighted by Crippen LogP contribution is 2.63. The van der Waals surface area contributed by atoms with E-state index in [2.05, 4.69) is 71.9 Å². The average molecular weight is 409 g/mol. The SMILES string of the molecule is CC[C@H](/C=C/[C@@H](C)[C@H]1CC[C@H]2C3=CC=C4C[C@@H](O)CC[C@]4(C)C3=CC[C@]12C)C(C)C. The Morgan fingerprint density at radius 1 is 1.10 bits per heavy atom. The molecule has 0 aromatic carbocycles. The van der Waals surface area contributed by atoms with Gasteiger partial charge in [-0.2, -0.15) is 0 Å². The number of fused-ring (bicyclic) bond motifs is 5. The topological polar surface area (TPSA) is 20.2 Å². The fourth-order valence-electron chi connectivity index (χ4n) is 7.54. The number of aliphatic hydroxyl groups excluding tert-OH is 1. The summed E-state index contributed by atoms with van der Waals surface area (Å²) >= 11 is 0. The molecule has 2 saturated carbocycles. The third kappa shape index (κ3) is 3.50. The van der Waals surface area contributed by atoms with Crippen molar-refractivity contribution in [3.05, 3.63) is 47.1 Å². The van der Waals surface area contributed by atoms with E-state index in [0.717, 1.165) is 31.1 Å². The van der Waals surface area contributed by atoms with Crippen LogP contribution in [0, 0.1) is 40.4 Å². The molecule has 30 heavy (non-hydrogen) atoms. The van der Waals surface area contributed by atoms with Crippen molar-refractivity contribution >= 4 is 0 Å². The standard InChI is InChI=1S/C29H44O/c1-7-21(19(2)3)9-8-20(4)25-12-13-26-24-11-10-22-18-23(30)14-16-28(22,5)27(24)15-17-29(25,26)6/h8-11,15,19-21,23,25-26,30H,7,12-14,16-18H2,1-6H3/b9-8+/t20-,21-,23+,25-,26+,28+,29-/m1/s1. The lowest BCUT2D eigenvalue weighted by atomic mass is 9.54. The van der Waals surface area contributed by atoms with Crippen molar-refractivity contribution in [1.29, 1.82) is 0 Å². The van der Waals surface area contributed by atoms with Crippen molar-refractivity contribution in [2.45, 2.75) is 92.6 Å². The van der Waals surface area contributed by atoms with E-state index in [1.165, 1.54) is 31.3 Å². The lowest BCUT2D eigenvalue weighted by molar-refractivity contribution is 0.113. The number of aliphatic hydroxyl groups is 1. The second-order valence-corrected chi connectivity index (χ2v) is 11.7. The van der Waals surface area contributed by atoms with E-state index < -0.39 is 0 Å². The van der Waals surface area contributed by atoms with Gasteiger partial charge in [-0.05, 0) is 91.1 Å². The highest BCUT2D eigenvalue weighted by atomic mass is 16.3. The van der Waals surface area contributed by atoms with Crippen LogP contribution in [0.1, 0.15) is 86.5 Å². The van der Waals surface area contributed by atoms with E-state index in [-0.39, 0.29) is 11.5 Å². The molecule has 0 unspecified atom stereocenters. The van der Waals surface area contributed by atoms with Crippen LogP contribution in [0.15, 0.2) is 47.1 Å². The smallest absolute Gasteiger partial charge is 0.0578 e. The Morgan fingerprint density at radius 2 is 1.87 bits per heavy atom. The first-order valence-corrected chi connectivity index (χ1v) is 12.7. The second-order valence-electron chi connectivity index (χ2n) is 11.7. The molecule has 0 aliphatic heterocycles. The third-order valence-electron chi connectivity index (χ3n) is 9.67. The van der Waals surface area contributed by atoms with Gasteiger partial charge in [-0.3, -0.25) is 0 Å². The first kappa shape index (κ1) is 22.1. The minimum absolute atomic E-state index is 0.144. The summed E-state index contributed by atoms with van der Waals surface area (Å²) < 4.78 is 0. The van der Waals surface area contributed by atoms with Crippen molar-refractivity contribution in [1.82, 2.24) is 0 Å². The molecular formula is C29H44O. The number of allylic oxidation sites excluding steroid dienone is 7. The molecule has 0 amide bonds. The third-order valence-corrected chi connectivity index (χ3v) is 9.67. The van der Waals surface area contributed by atoms with E-state index in [0.29, 0.717) is 23.2 Å². The largest absolute Gasteiger partial charge is 0.393 e. The Bertz CT molecular complexity index is 780. The molecule has 0 aromatic heterocycles. The zero-order chi connectivity index (χ0) is 21.7. The molecule has 1 heteroatoms. The van der Waals surface area contributed by atoms with Crippen LogP contribution in [0.4, 0.5) is 0 Å². The summed E-state index contributed by atoms with van der Waals surface area (Å²) in [6.07, 6.45) is 20.4. The highest BCUT2D eigenvalue weighted by Gasteiger charge is 2.54. The molecule has 166 valence electrons. The van der Waals surface area contributed by atoms with Crippen LogP contribution in [-0.2, 0) is 0 Å². The first-order chi connectivity index (χ1) is 14.2. The number of rotatable bonds is 5. The maximum Gasteiger partial charge on any atom is 0.0578 e. The van der Waals surface area contributed by atoms with Gasteiger partial charge in [0.15, 0.2) is 0 Å². The summed E-state index contributed by atoms with van der Waals surface area (Å²) in [5.74, 6) is 3.56. The van der Waals surface area contributed by atoms with Gasteiger partial charge in [0.25, 0.3) is 0 Å². The predicted octanol–water partition coefficient (Wildman–Crippen LogP) is 7.64. The first-order valence-electron chi connectivity index (χ1n) is 12.7. The molecule has 0 saturated heterocycles. The maximum absolute atomic E-state index is 10.2.